The van der Waals surface area contributed by atoms with Crippen LogP contribution in [0, 0.1) is 0 Å². The van der Waals surface area contributed by atoms with Crippen molar-refractivity contribution in [3.05, 3.63) is 47.0 Å². The zero-order valence-electron chi connectivity index (χ0n) is 13.0. The molecule has 4 heteroatoms. The minimum absolute atomic E-state index is 0. The number of aromatic hydroxyl groups is 2. The Morgan fingerprint density at radius 3 is 2.55 bits per heavy atom. The highest BCUT2D eigenvalue weighted by Gasteiger charge is 2.22. The van der Waals surface area contributed by atoms with Crippen LogP contribution in [0.1, 0.15) is 16.7 Å². The van der Waals surface area contributed by atoms with Gasteiger partial charge < -0.3 is 15.1 Å². The molecule has 2 N–H and O–H groups in total. The van der Waals surface area contributed by atoms with Crippen molar-refractivity contribution in [1.29, 1.82) is 0 Å². The number of phenols is 2. The van der Waals surface area contributed by atoms with Gasteiger partial charge in [-0.2, -0.15) is 0 Å². The monoisotopic (exact) mass is 363 g/mol. The molecule has 22 heavy (non-hydrogen) atoms. The van der Waals surface area contributed by atoms with Crippen LogP contribution in [0.3, 0.4) is 0 Å². The molecule has 1 aliphatic carbocycles. The molecule has 118 valence electrons. The van der Waals surface area contributed by atoms with E-state index in [1.165, 1.54) is 11.1 Å². The number of phenolic OH excluding ortho intramolecular Hbond substituents is 2. The number of halogens is 1. The molecule has 0 aliphatic heterocycles. The van der Waals surface area contributed by atoms with E-state index in [4.69, 9.17) is 0 Å². The van der Waals surface area contributed by atoms with Crippen LogP contribution in [0.25, 0.3) is 11.1 Å². The molecule has 0 bridgehead atoms. The minimum atomic E-state index is -0.0414. The Hall–Kier alpha value is -1.52. The first kappa shape index (κ1) is 16.8. The van der Waals surface area contributed by atoms with Crippen LogP contribution >= 0.6 is 17.0 Å². The highest BCUT2D eigenvalue weighted by atomic mass is 79.9. The summed E-state index contributed by atoms with van der Waals surface area (Å²) in [4.78, 5) is 2.18. The molecule has 0 radical (unpaired) electrons. The summed E-state index contributed by atoms with van der Waals surface area (Å²) >= 11 is 0. The van der Waals surface area contributed by atoms with Crippen molar-refractivity contribution in [1.82, 2.24) is 4.90 Å². The van der Waals surface area contributed by atoms with Crippen LogP contribution < -0.4 is 0 Å². The average molecular weight is 364 g/mol. The van der Waals surface area contributed by atoms with Crippen molar-refractivity contribution in [2.24, 2.45) is 0 Å². The van der Waals surface area contributed by atoms with Crippen molar-refractivity contribution in [2.75, 3.05) is 20.6 Å². The van der Waals surface area contributed by atoms with Crippen molar-refractivity contribution < 1.29 is 10.2 Å². The summed E-state index contributed by atoms with van der Waals surface area (Å²) in [6.07, 6.45) is 2.91. The fourth-order valence-electron chi connectivity index (χ4n) is 3.13. The number of nitrogens with zero attached hydrogens (tertiary/aromatic N) is 1. The van der Waals surface area contributed by atoms with Crippen molar-refractivity contribution in [2.45, 2.75) is 19.3 Å². The Balaban J connectivity index is 0.00000176. The number of aryl methyl sites for hydroxylation is 1. The summed E-state index contributed by atoms with van der Waals surface area (Å²) in [6.45, 7) is 1.01. The highest BCUT2D eigenvalue weighted by molar-refractivity contribution is 8.93. The Morgan fingerprint density at radius 2 is 1.82 bits per heavy atom. The molecular formula is C18H22BrNO2. The molecule has 0 heterocycles. The molecule has 0 atom stereocenters. The summed E-state index contributed by atoms with van der Waals surface area (Å²) in [5.41, 5.74) is 5.65. The summed E-state index contributed by atoms with van der Waals surface area (Å²) in [5, 5.41) is 20.0. The van der Waals surface area contributed by atoms with Gasteiger partial charge >= 0.3 is 0 Å². The standard InChI is InChI=1S/C18H21NO2.BrH/c1-19(2)11-10-12-4-3-5-15-14(12)8-6-13-7-9-16(20)18(21)17(13)15;/h3-5,7,9,20-21H,6,8,10-11H2,1-2H3;1H. The normalized spacial score (nSPS) is 12.5. The Morgan fingerprint density at radius 1 is 1.05 bits per heavy atom. The molecule has 2 aromatic carbocycles. The smallest absolute Gasteiger partial charge is 0.165 e. The van der Waals surface area contributed by atoms with Crippen LogP contribution in [0.15, 0.2) is 30.3 Å². The Bertz CT molecular complexity index is 683. The predicted molar refractivity (Wildman–Crippen MR) is 95.2 cm³/mol. The SMILES string of the molecule is Br.CN(C)CCc1cccc2c1CCc1ccc(O)c(O)c1-2. The van der Waals surface area contributed by atoms with Crippen LogP contribution in [0.4, 0.5) is 0 Å². The minimum Gasteiger partial charge on any atom is -0.504 e. The Labute approximate surface area is 142 Å². The summed E-state index contributed by atoms with van der Waals surface area (Å²) in [7, 11) is 4.16. The molecule has 0 unspecified atom stereocenters. The van der Waals surface area contributed by atoms with E-state index in [0.29, 0.717) is 0 Å². The summed E-state index contributed by atoms with van der Waals surface area (Å²) in [6, 6.07) is 9.76. The number of hydrogen-bond donors (Lipinski definition) is 2. The van der Waals surface area contributed by atoms with E-state index in [0.717, 1.165) is 42.5 Å². The first-order chi connectivity index (χ1) is 10.1. The van der Waals surface area contributed by atoms with E-state index < -0.39 is 0 Å². The topological polar surface area (TPSA) is 43.7 Å². The summed E-state index contributed by atoms with van der Waals surface area (Å²) in [5.74, 6) is -0.0292. The molecule has 2 aromatic rings. The van der Waals surface area contributed by atoms with Crippen molar-refractivity contribution >= 4 is 17.0 Å². The lowest BCUT2D eigenvalue weighted by molar-refractivity contribution is 0.404. The lowest BCUT2D eigenvalue weighted by atomic mass is 9.82. The van der Waals surface area contributed by atoms with E-state index in [9.17, 15) is 10.2 Å². The second-order valence-corrected chi connectivity index (χ2v) is 5.96. The van der Waals surface area contributed by atoms with Crippen LogP contribution in [0.2, 0.25) is 0 Å². The van der Waals surface area contributed by atoms with Gasteiger partial charge in [0.15, 0.2) is 11.5 Å². The molecule has 3 nitrogen and oxygen atoms in total. The third-order valence-corrected chi connectivity index (χ3v) is 4.26. The Kier molecular flexibility index (Phi) is 5.14. The van der Waals surface area contributed by atoms with Gasteiger partial charge in [-0.15, -0.1) is 17.0 Å². The van der Waals surface area contributed by atoms with Crippen molar-refractivity contribution in [3.8, 4) is 22.6 Å². The maximum absolute atomic E-state index is 10.2. The number of likely N-dealkylation sites (N-methyl/N-ethyl adjacent to an activating group) is 1. The third-order valence-electron chi connectivity index (χ3n) is 4.26. The molecule has 0 saturated carbocycles. The second kappa shape index (κ2) is 6.71. The van der Waals surface area contributed by atoms with Crippen LogP contribution in [0.5, 0.6) is 11.5 Å². The number of hydrogen-bond acceptors (Lipinski definition) is 3. The maximum atomic E-state index is 10.2. The first-order valence-corrected chi connectivity index (χ1v) is 7.37. The van der Waals surface area contributed by atoms with Gasteiger partial charge in [0.25, 0.3) is 0 Å². The molecule has 0 fully saturated rings. The quantitative estimate of drug-likeness (QED) is 0.819. The lowest BCUT2D eigenvalue weighted by Gasteiger charge is -2.24. The van der Waals surface area contributed by atoms with E-state index in [1.54, 1.807) is 6.07 Å². The second-order valence-electron chi connectivity index (χ2n) is 5.96. The van der Waals surface area contributed by atoms with Gasteiger partial charge in [0.2, 0.25) is 0 Å². The van der Waals surface area contributed by atoms with Gasteiger partial charge in [-0.25, -0.2) is 0 Å². The van der Waals surface area contributed by atoms with Gasteiger partial charge in [0.05, 0.1) is 0 Å². The van der Waals surface area contributed by atoms with E-state index in [-0.39, 0.29) is 28.5 Å². The largest absolute Gasteiger partial charge is 0.504 e. The zero-order chi connectivity index (χ0) is 15.0. The number of benzene rings is 2. The van der Waals surface area contributed by atoms with Gasteiger partial charge in [0, 0.05) is 12.1 Å². The third kappa shape index (κ3) is 2.99. The maximum Gasteiger partial charge on any atom is 0.165 e. The molecule has 0 spiro atoms. The van der Waals surface area contributed by atoms with Gasteiger partial charge in [0.1, 0.15) is 0 Å². The fraction of sp³-hybridized carbons (Fsp3) is 0.333. The number of rotatable bonds is 3. The van der Waals surface area contributed by atoms with Crippen LogP contribution in [-0.2, 0) is 19.3 Å². The van der Waals surface area contributed by atoms with Gasteiger partial charge in [-0.3, -0.25) is 0 Å². The number of fused-ring (bicyclic) bond motifs is 3. The lowest BCUT2D eigenvalue weighted by Crippen LogP contribution is -2.17. The highest BCUT2D eigenvalue weighted by Crippen LogP contribution is 2.44. The van der Waals surface area contributed by atoms with E-state index >= 15 is 0 Å². The fourth-order valence-corrected chi connectivity index (χ4v) is 3.13. The van der Waals surface area contributed by atoms with E-state index in [1.807, 2.05) is 18.2 Å². The molecule has 0 amide bonds. The molecular weight excluding hydrogens is 342 g/mol. The predicted octanol–water partition coefficient (Wildman–Crippen LogP) is 3.55. The van der Waals surface area contributed by atoms with Gasteiger partial charge in [-0.05, 0) is 61.7 Å². The average Bonchev–Trinajstić information content (AvgIpc) is 2.48. The molecule has 0 saturated heterocycles. The van der Waals surface area contributed by atoms with E-state index in [2.05, 4.69) is 25.1 Å². The zero-order valence-corrected chi connectivity index (χ0v) is 14.7. The molecule has 0 aromatic heterocycles. The van der Waals surface area contributed by atoms with Crippen LogP contribution in [-0.4, -0.2) is 35.8 Å². The molecule has 3 rings (SSSR count). The van der Waals surface area contributed by atoms with Crippen molar-refractivity contribution in [3.63, 3.8) is 0 Å². The molecule has 1 aliphatic rings. The first-order valence-electron chi connectivity index (χ1n) is 7.37. The summed E-state index contributed by atoms with van der Waals surface area (Å²) < 4.78 is 0. The van der Waals surface area contributed by atoms with Gasteiger partial charge in [-0.1, -0.05) is 24.3 Å².